The largest absolute Gasteiger partial charge is 0.385 e. The smallest absolute Gasteiger partial charge is 0.142 e. The van der Waals surface area contributed by atoms with Crippen LogP contribution in [0.3, 0.4) is 0 Å². The minimum absolute atomic E-state index is 0.145. The van der Waals surface area contributed by atoms with Gasteiger partial charge in [0.25, 0.3) is 0 Å². The first-order chi connectivity index (χ1) is 5.18. The van der Waals surface area contributed by atoms with Crippen LogP contribution in [0.15, 0.2) is 0 Å². The van der Waals surface area contributed by atoms with E-state index in [9.17, 15) is 4.79 Å². The Bertz CT molecular complexity index is 115. The Kier molecular flexibility index (Phi) is 6.66. The van der Waals surface area contributed by atoms with Crippen molar-refractivity contribution in [3.05, 3.63) is 0 Å². The molecule has 0 saturated carbocycles. The molecule has 0 aromatic rings. The molecule has 66 valence electrons. The van der Waals surface area contributed by atoms with Crippen molar-refractivity contribution in [3.63, 3.8) is 0 Å². The molecule has 0 saturated heterocycles. The van der Waals surface area contributed by atoms with E-state index in [2.05, 4.69) is 0 Å². The molecule has 0 aliphatic rings. The summed E-state index contributed by atoms with van der Waals surface area (Å²) in [7, 11) is 1.69. The monoisotopic (exact) mass is 176 g/mol. The van der Waals surface area contributed by atoms with Gasteiger partial charge in [-0.3, -0.25) is 4.79 Å². The van der Waals surface area contributed by atoms with E-state index < -0.39 is 0 Å². The van der Waals surface area contributed by atoms with Crippen molar-refractivity contribution in [1.29, 1.82) is 0 Å². The maximum Gasteiger partial charge on any atom is 0.142 e. The predicted octanol–water partition coefficient (Wildman–Crippen LogP) is 1.73. The Morgan fingerprint density at radius 3 is 2.73 bits per heavy atom. The Morgan fingerprint density at radius 1 is 1.64 bits per heavy atom. The average Bonchev–Trinajstić information content (AvgIpc) is 1.97. The van der Waals surface area contributed by atoms with Gasteiger partial charge in [0.15, 0.2) is 0 Å². The van der Waals surface area contributed by atoms with Crippen LogP contribution in [0.1, 0.15) is 20.3 Å². The standard InChI is InChI=1S/C8H16O2S/c1-7(9)8(2)11-6-4-5-10-3/h8H,4-6H2,1-3H3. The first-order valence-electron chi connectivity index (χ1n) is 3.79. The van der Waals surface area contributed by atoms with Gasteiger partial charge in [0, 0.05) is 13.7 Å². The zero-order chi connectivity index (χ0) is 8.69. The summed E-state index contributed by atoms with van der Waals surface area (Å²) in [6.07, 6.45) is 1.03. The molecule has 11 heavy (non-hydrogen) atoms. The molecule has 0 aromatic heterocycles. The van der Waals surface area contributed by atoms with Crippen LogP contribution >= 0.6 is 11.8 Å². The number of hydrogen-bond donors (Lipinski definition) is 0. The molecule has 0 rings (SSSR count). The molecule has 0 aromatic carbocycles. The van der Waals surface area contributed by atoms with Gasteiger partial charge in [-0.15, -0.1) is 0 Å². The third-order valence-corrected chi connectivity index (χ3v) is 2.79. The van der Waals surface area contributed by atoms with E-state index in [1.54, 1.807) is 25.8 Å². The highest BCUT2D eigenvalue weighted by Gasteiger charge is 2.06. The van der Waals surface area contributed by atoms with Crippen molar-refractivity contribution >= 4 is 17.5 Å². The number of carbonyl (C=O) groups is 1. The second-order valence-electron chi connectivity index (χ2n) is 2.47. The summed E-state index contributed by atoms with van der Waals surface area (Å²) in [5.74, 6) is 1.27. The quantitative estimate of drug-likeness (QED) is 0.577. The molecule has 0 aliphatic carbocycles. The third-order valence-electron chi connectivity index (χ3n) is 1.43. The molecule has 0 heterocycles. The number of carbonyl (C=O) groups excluding carboxylic acids is 1. The Balaban J connectivity index is 3.17. The molecular weight excluding hydrogens is 160 g/mol. The lowest BCUT2D eigenvalue weighted by atomic mass is 10.3. The van der Waals surface area contributed by atoms with Gasteiger partial charge in [-0.25, -0.2) is 0 Å². The molecule has 1 unspecified atom stereocenters. The summed E-state index contributed by atoms with van der Waals surface area (Å²) in [5.41, 5.74) is 0. The summed E-state index contributed by atoms with van der Waals surface area (Å²) in [6, 6.07) is 0. The SMILES string of the molecule is COCCCSC(C)C(C)=O. The van der Waals surface area contributed by atoms with Gasteiger partial charge in [0.1, 0.15) is 5.78 Å². The van der Waals surface area contributed by atoms with E-state index in [1.807, 2.05) is 6.92 Å². The zero-order valence-corrected chi connectivity index (χ0v) is 8.24. The number of methoxy groups -OCH3 is 1. The molecule has 3 heteroatoms. The van der Waals surface area contributed by atoms with E-state index in [0.717, 1.165) is 18.8 Å². The number of ether oxygens (including phenoxy) is 1. The minimum atomic E-state index is 0.145. The second-order valence-corrected chi connectivity index (χ2v) is 3.92. The maximum atomic E-state index is 10.8. The van der Waals surface area contributed by atoms with E-state index in [4.69, 9.17) is 4.74 Å². The van der Waals surface area contributed by atoms with Gasteiger partial charge < -0.3 is 4.74 Å². The number of Topliss-reactive ketones (excluding diaryl/α,β-unsaturated/α-hetero) is 1. The summed E-state index contributed by atoms with van der Waals surface area (Å²) < 4.78 is 4.89. The number of ketones is 1. The normalized spacial score (nSPS) is 13.0. The Labute approximate surface area is 72.7 Å². The van der Waals surface area contributed by atoms with E-state index in [0.29, 0.717) is 0 Å². The molecule has 2 nitrogen and oxygen atoms in total. The Hall–Kier alpha value is -0.0200. The van der Waals surface area contributed by atoms with E-state index in [-0.39, 0.29) is 11.0 Å². The van der Waals surface area contributed by atoms with Crippen molar-refractivity contribution in [1.82, 2.24) is 0 Å². The Morgan fingerprint density at radius 2 is 2.27 bits per heavy atom. The molecule has 0 amide bonds. The lowest BCUT2D eigenvalue weighted by molar-refractivity contribution is -0.116. The van der Waals surface area contributed by atoms with Crippen LogP contribution in [0.4, 0.5) is 0 Å². The molecule has 0 bridgehead atoms. The molecule has 0 fully saturated rings. The van der Waals surface area contributed by atoms with Crippen molar-refractivity contribution < 1.29 is 9.53 Å². The maximum absolute atomic E-state index is 10.8. The molecule has 0 N–H and O–H groups in total. The van der Waals surface area contributed by atoms with Crippen LogP contribution in [0.25, 0.3) is 0 Å². The van der Waals surface area contributed by atoms with Gasteiger partial charge in [-0.1, -0.05) is 0 Å². The van der Waals surface area contributed by atoms with Crippen LogP contribution in [-0.4, -0.2) is 30.5 Å². The lowest BCUT2D eigenvalue weighted by Gasteiger charge is -2.05. The fourth-order valence-electron chi connectivity index (χ4n) is 0.581. The van der Waals surface area contributed by atoms with E-state index in [1.165, 1.54) is 0 Å². The summed E-state index contributed by atoms with van der Waals surface area (Å²) >= 11 is 1.69. The molecule has 0 spiro atoms. The van der Waals surface area contributed by atoms with Gasteiger partial charge in [0.05, 0.1) is 5.25 Å². The summed E-state index contributed by atoms with van der Waals surface area (Å²) in [5, 5.41) is 0.145. The molecule has 1 atom stereocenters. The number of thioether (sulfide) groups is 1. The van der Waals surface area contributed by atoms with Crippen molar-refractivity contribution in [2.24, 2.45) is 0 Å². The lowest BCUT2D eigenvalue weighted by Crippen LogP contribution is -2.09. The number of hydrogen-bond acceptors (Lipinski definition) is 3. The van der Waals surface area contributed by atoms with Crippen molar-refractivity contribution in [3.8, 4) is 0 Å². The second kappa shape index (κ2) is 6.68. The zero-order valence-electron chi connectivity index (χ0n) is 7.42. The predicted molar refractivity (Wildman–Crippen MR) is 49.1 cm³/mol. The topological polar surface area (TPSA) is 26.3 Å². The first kappa shape index (κ1) is 11.0. The van der Waals surface area contributed by atoms with Crippen molar-refractivity contribution in [2.75, 3.05) is 19.5 Å². The number of rotatable bonds is 6. The van der Waals surface area contributed by atoms with Crippen molar-refractivity contribution in [2.45, 2.75) is 25.5 Å². The summed E-state index contributed by atoms with van der Waals surface area (Å²) in [6.45, 7) is 4.37. The highest BCUT2D eigenvalue weighted by atomic mass is 32.2. The van der Waals surface area contributed by atoms with E-state index >= 15 is 0 Å². The van der Waals surface area contributed by atoms with Gasteiger partial charge >= 0.3 is 0 Å². The third kappa shape index (κ3) is 6.38. The van der Waals surface area contributed by atoms with Crippen LogP contribution in [0, 0.1) is 0 Å². The molecular formula is C8H16O2S. The fraction of sp³-hybridized carbons (Fsp3) is 0.875. The van der Waals surface area contributed by atoms with Gasteiger partial charge in [-0.05, 0) is 26.0 Å². The fourth-order valence-corrected chi connectivity index (χ4v) is 1.45. The highest BCUT2D eigenvalue weighted by Crippen LogP contribution is 2.11. The van der Waals surface area contributed by atoms with Crippen LogP contribution in [0.2, 0.25) is 0 Å². The minimum Gasteiger partial charge on any atom is -0.385 e. The molecule has 0 radical (unpaired) electrons. The van der Waals surface area contributed by atoms with Crippen LogP contribution in [0.5, 0.6) is 0 Å². The highest BCUT2D eigenvalue weighted by molar-refractivity contribution is 8.00. The summed E-state index contributed by atoms with van der Waals surface area (Å²) in [4.78, 5) is 10.8. The molecule has 0 aliphatic heterocycles. The van der Waals surface area contributed by atoms with Gasteiger partial charge in [-0.2, -0.15) is 11.8 Å². The first-order valence-corrected chi connectivity index (χ1v) is 4.84. The van der Waals surface area contributed by atoms with Crippen LogP contribution in [-0.2, 0) is 9.53 Å². The average molecular weight is 176 g/mol. The van der Waals surface area contributed by atoms with Crippen LogP contribution < -0.4 is 0 Å². The van der Waals surface area contributed by atoms with Gasteiger partial charge in [0.2, 0.25) is 0 Å².